The van der Waals surface area contributed by atoms with E-state index in [0.717, 1.165) is 5.69 Å². The number of aromatic hydroxyl groups is 3. The van der Waals surface area contributed by atoms with E-state index >= 15 is 0 Å². The summed E-state index contributed by atoms with van der Waals surface area (Å²) in [6.45, 7) is 0.731. The van der Waals surface area contributed by atoms with Gasteiger partial charge in [0.15, 0.2) is 23.0 Å². The highest BCUT2D eigenvalue weighted by Gasteiger charge is 2.16. The molecule has 0 aliphatic heterocycles. The van der Waals surface area contributed by atoms with Gasteiger partial charge >= 0.3 is 0 Å². The average molecular weight is 381 g/mol. The van der Waals surface area contributed by atoms with Crippen LogP contribution in [0.2, 0.25) is 0 Å². The number of rotatable bonds is 7. The number of hydrogen-bond donors (Lipinski definition) is 3. The molecule has 0 fully saturated rings. The second-order valence-electron chi connectivity index (χ2n) is 6.31. The third-order valence-electron chi connectivity index (χ3n) is 4.54. The molecule has 3 rings (SSSR count). The molecule has 0 heterocycles. The van der Waals surface area contributed by atoms with Crippen molar-refractivity contribution in [3.63, 3.8) is 0 Å². The molecule has 0 spiro atoms. The predicted octanol–water partition coefficient (Wildman–Crippen LogP) is 4.03. The largest absolute Gasteiger partial charge is 0.508 e. The first-order chi connectivity index (χ1) is 13.5. The summed E-state index contributed by atoms with van der Waals surface area (Å²) < 4.78 is 10.4. The molecular weight excluding hydrogens is 358 g/mol. The molecule has 0 saturated heterocycles. The van der Waals surface area contributed by atoms with Crippen molar-refractivity contribution in [3.8, 4) is 28.7 Å². The molecule has 0 unspecified atom stereocenters. The van der Waals surface area contributed by atoms with Gasteiger partial charge in [0.2, 0.25) is 0 Å². The van der Waals surface area contributed by atoms with Gasteiger partial charge in [0.25, 0.3) is 0 Å². The van der Waals surface area contributed by atoms with Crippen molar-refractivity contribution in [1.29, 1.82) is 0 Å². The summed E-state index contributed by atoms with van der Waals surface area (Å²) in [5.41, 5.74) is 2.17. The van der Waals surface area contributed by atoms with Crippen LogP contribution < -0.4 is 14.4 Å². The molecule has 0 atom stereocenters. The first-order valence-corrected chi connectivity index (χ1v) is 8.77. The van der Waals surface area contributed by atoms with Crippen molar-refractivity contribution in [2.24, 2.45) is 0 Å². The average Bonchev–Trinajstić information content (AvgIpc) is 2.71. The van der Waals surface area contributed by atoms with Crippen molar-refractivity contribution in [3.05, 3.63) is 71.8 Å². The third-order valence-corrected chi connectivity index (χ3v) is 4.54. The van der Waals surface area contributed by atoms with Crippen LogP contribution in [0, 0.1) is 0 Å². The molecule has 0 aromatic heterocycles. The molecule has 6 heteroatoms. The summed E-state index contributed by atoms with van der Waals surface area (Å²) in [5, 5.41) is 30.6. The maximum absolute atomic E-state index is 10.5. The summed E-state index contributed by atoms with van der Waals surface area (Å²) in [6, 6.07) is 17.4. The van der Waals surface area contributed by atoms with Crippen LogP contribution in [0.4, 0.5) is 5.69 Å². The van der Waals surface area contributed by atoms with E-state index < -0.39 is 0 Å². The zero-order chi connectivity index (χ0) is 20.1. The highest BCUT2D eigenvalue weighted by Crippen LogP contribution is 2.35. The number of methoxy groups -OCH3 is 2. The van der Waals surface area contributed by atoms with Crippen LogP contribution in [0.25, 0.3) is 0 Å². The van der Waals surface area contributed by atoms with E-state index in [0.29, 0.717) is 35.7 Å². The maximum Gasteiger partial charge on any atom is 0.162 e. The van der Waals surface area contributed by atoms with Gasteiger partial charge in [0.05, 0.1) is 14.2 Å². The van der Waals surface area contributed by atoms with Crippen molar-refractivity contribution < 1.29 is 24.8 Å². The Morgan fingerprint density at radius 3 is 1.57 bits per heavy atom. The molecule has 3 aromatic rings. The van der Waals surface area contributed by atoms with Gasteiger partial charge in [-0.1, -0.05) is 24.3 Å². The molecule has 0 bridgehead atoms. The molecule has 0 saturated carbocycles. The van der Waals surface area contributed by atoms with Gasteiger partial charge in [-0.2, -0.15) is 0 Å². The molecule has 0 aliphatic carbocycles. The van der Waals surface area contributed by atoms with Crippen LogP contribution in [-0.4, -0.2) is 29.5 Å². The molecule has 0 amide bonds. The van der Waals surface area contributed by atoms with Crippen molar-refractivity contribution in [1.82, 2.24) is 0 Å². The minimum Gasteiger partial charge on any atom is -0.508 e. The van der Waals surface area contributed by atoms with Crippen LogP contribution in [0.5, 0.6) is 28.7 Å². The van der Waals surface area contributed by atoms with Crippen molar-refractivity contribution >= 4 is 5.69 Å². The van der Waals surface area contributed by atoms with E-state index in [9.17, 15) is 15.3 Å². The molecule has 146 valence electrons. The number of nitrogens with zero attached hydrogens (tertiary/aromatic N) is 1. The monoisotopic (exact) mass is 381 g/mol. The lowest BCUT2D eigenvalue weighted by Crippen LogP contribution is -2.22. The number of phenolic OH excluding ortho intramolecular Hbond substituents is 3. The Labute approximate surface area is 163 Å². The number of benzene rings is 3. The lowest BCUT2D eigenvalue weighted by atomic mass is 10.1. The third kappa shape index (κ3) is 4.06. The molecule has 6 nitrogen and oxygen atoms in total. The smallest absolute Gasteiger partial charge is 0.162 e. The standard InChI is InChI=1S/C22H23NO5/c1-27-19-7-3-5-15(21(19)25)13-23(17-9-11-18(24)12-10-17)14-16-6-4-8-20(28-2)22(16)26/h3-12,24-26H,13-14H2,1-2H3. The SMILES string of the molecule is COc1cccc(CN(Cc2cccc(OC)c2O)c2ccc(O)cc2)c1O. The summed E-state index contributed by atoms with van der Waals surface area (Å²) in [7, 11) is 3.01. The highest BCUT2D eigenvalue weighted by atomic mass is 16.5. The van der Waals surface area contributed by atoms with E-state index in [1.807, 2.05) is 29.2 Å². The Morgan fingerprint density at radius 2 is 1.14 bits per heavy atom. The van der Waals surface area contributed by atoms with E-state index in [2.05, 4.69) is 0 Å². The number of ether oxygens (including phenoxy) is 2. The van der Waals surface area contributed by atoms with E-state index in [1.165, 1.54) is 14.2 Å². The predicted molar refractivity (Wildman–Crippen MR) is 107 cm³/mol. The molecule has 3 N–H and O–H groups in total. The minimum absolute atomic E-state index is 0.0728. The Hall–Kier alpha value is -3.54. The minimum atomic E-state index is 0.0728. The van der Waals surface area contributed by atoms with Gasteiger partial charge in [-0.25, -0.2) is 0 Å². The summed E-state index contributed by atoms with van der Waals surface area (Å²) in [4.78, 5) is 1.97. The number of hydrogen-bond acceptors (Lipinski definition) is 6. The first kappa shape index (κ1) is 19.2. The summed E-state index contributed by atoms with van der Waals surface area (Å²) >= 11 is 0. The lowest BCUT2D eigenvalue weighted by Gasteiger charge is -2.26. The molecule has 3 aromatic carbocycles. The Bertz CT molecular complexity index is 885. The fourth-order valence-corrected chi connectivity index (χ4v) is 3.03. The molecule has 28 heavy (non-hydrogen) atoms. The molecule has 0 radical (unpaired) electrons. The van der Waals surface area contributed by atoms with Crippen LogP contribution in [0.3, 0.4) is 0 Å². The first-order valence-electron chi connectivity index (χ1n) is 8.77. The van der Waals surface area contributed by atoms with E-state index in [4.69, 9.17) is 9.47 Å². The lowest BCUT2D eigenvalue weighted by molar-refractivity contribution is 0.369. The van der Waals surface area contributed by atoms with Gasteiger partial charge in [0, 0.05) is 29.9 Å². The Kier molecular flexibility index (Phi) is 5.79. The van der Waals surface area contributed by atoms with Crippen LogP contribution in [0.1, 0.15) is 11.1 Å². The second-order valence-corrected chi connectivity index (χ2v) is 6.31. The fourth-order valence-electron chi connectivity index (χ4n) is 3.03. The van der Waals surface area contributed by atoms with Gasteiger partial charge in [0.1, 0.15) is 5.75 Å². The summed E-state index contributed by atoms with van der Waals surface area (Å²) in [5.74, 6) is 1.10. The fraction of sp³-hybridized carbons (Fsp3) is 0.182. The van der Waals surface area contributed by atoms with Crippen molar-refractivity contribution in [2.45, 2.75) is 13.1 Å². The van der Waals surface area contributed by atoms with E-state index in [-0.39, 0.29) is 17.2 Å². The zero-order valence-electron chi connectivity index (χ0n) is 15.8. The van der Waals surface area contributed by atoms with Gasteiger partial charge in [-0.05, 0) is 36.4 Å². The Balaban J connectivity index is 1.98. The number of phenols is 3. The van der Waals surface area contributed by atoms with Crippen LogP contribution in [-0.2, 0) is 13.1 Å². The summed E-state index contributed by atoms with van der Waals surface area (Å²) in [6.07, 6.45) is 0. The normalized spacial score (nSPS) is 10.5. The van der Waals surface area contributed by atoms with Crippen LogP contribution in [0.15, 0.2) is 60.7 Å². The number of anilines is 1. The number of para-hydroxylation sites is 2. The van der Waals surface area contributed by atoms with Crippen LogP contribution >= 0.6 is 0 Å². The van der Waals surface area contributed by atoms with Gasteiger partial charge in [-0.3, -0.25) is 0 Å². The topological polar surface area (TPSA) is 82.4 Å². The van der Waals surface area contributed by atoms with Gasteiger partial charge in [-0.15, -0.1) is 0 Å². The maximum atomic E-state index is 10.5. The van der Waals surface area contributed by atoms with Crippen molar-refractivity contribution in [2.75, 3.05) is 19.1 Å². The molecule has 0 aliphatic rings. The molecular formula is C22H23NO5. The zero-order valence-corrected chi connectivity index (χ0v) is 15.8. The van der Waals surface area contributed by atoms with Gasteiger partial charge < -0.3 is 29.7 Å². The second kappa shape index (κ2) is 8.43. The quantitative estimate of drug-likeness (QED) is 0.573. The Morgan fingerprint density at radius 1 is 0.679 bits per heavy atom. The van der Waals surface area contributed by atoms with E-state index in [1.54, 1.807) is 36.4 Å². The highest BCUT2D eigenvalue weighted by molar-refractivity contribution is 5.54.